The smallest absolute Gasteiger partial charge is 0.0731 e. The van der Waals surface area contributed by atoms with Crippen LogP contribution in [0.15, 0.2) is 219 Å². The van der Waals surface area contributed by atoms with E-state index in [1.807, 2.05) is 123 Å². The zero-order chi connectivity index (χ0) is 46.1. The second-order valence-electron chi connectivity index (χ2n) is 16.0. The highest BCUT2D eigenvalue weighted by Gasteiger charge is 1.97. The molecule has 0 aliphatic heterocycles. The first-order chi connectivity index (χ1) is 32.2. The lowest BCUT2D eigenvalue weighted by molar-refractivity contribution is 1.26. The largest absolute Gasteiger partial charge is 0.256 e. The van der Waals surface area contributed by atoms with Gasteiger partial charge in [0.05, 0.1) is 33.1 Å². The van der Waals surface area contributed by atoms with Crippen LogP contribution < -0.4 is 0 Å². The van der Waals surface area contributed by atoms with Gasteiger partial charge in [-0.15, -0.1) is 0 Å². The zero-order valence-corrected chi connectivity index (χ0v) is 38.5. The Hall–Kier alpha value is -8.22. The fraction of sp³-hybridized carbons (Fsp3) is 0.100. The molecule has 6 heterocycles. The van der Waals surface area contributed by atoms with E-state index in [1.165, 1.54) is 60.1 Å². The highest BCUT2D eigenvalue weighted by Crippen LogP contribution is 2.17. The number of para-hydroxylation sites is 3. The Morgan fingerprint density at radius 2 is 0.788 bits per heavy atom. The molecule has 0 saturated heterocycles. The van der Waals surface area contributed by atoms with Gasteiger partial charge < -0.3 is 0 Å². The van der Waals surface area contributed by atoms with Gasteiger partial charge in [-0.1, -0.05) is 121 Å². The maximum atomic E-state index is 4.38. The van der Waals surface area contributed by atoms with Gasteiger partial charge in [0, 0.05) is 69.0 Å². The quantitative estimate of drug-likeness (QED) is 0.151. The third-order valence-electron chi connectivity index (χ3n) is 10.7. The Balaban J connectivity index is 0.000000118. The normalized spacial score (nSPS) is 10.3. The molecule has 6 nitrogen and oxygen atoms in total. The number of hydrogen-bond donors (Lipinski definition) is 0. The van der Waals surface area contributed by atoms with Crippen LogP contribution in [0.2, 0.25) is 0 Å². The van der Waals surface area contributed by atoms with Crippen LogP contribution in [0.25, 0.3) is 65.4 Å². The number of benzene rings is 6. The molecular formula is C60H54N6. The number of aromatic nitrogens is 6. The number of hydrogen-bond acceptors (Lipinski definition) is 6. The van der Waals surface area contributed by atoms with Crippen LogP contribution in [0.1, 0.15) is 33.5 Å². The van der Waals surface area contributed by atoms with Crippen molar-refractivity contribution in [3.05, 3.63) is 253 Å². The van der Waals surface area contributed by atoms with Crippen molar-refractivity contribution in [2.75, 3.05) is 0 Å². The van der Waals surface area contributed by atoms with Crippen molar-refractivity contribution in [1.82, 2.24) is 29.9 Å². The van der Waals surface area contributed by atoms with Gasteiger partial charge in [0.15, 0.2) is 0 Å². The molecule has 6 aromatic heterocycles. The molecule has 0 aliphatic carbocycles. The summed E-state index contributed by atoms with van der Waals surface area (Å²) in [6.07, 6.45) is 9.18. The van der Waals surface area contributed by atoms with E-state index in [4.69, 9.17) is 0 Å². The molecule has 324 valence electrons. The average molecular weight is 859 g/mol. The van der Waals surface area contributed by atoms with Crippen LogP contribution in [-0.4, -0.2) is 29.9 Å². The maximum absolute atomic E-state index is 4.38. The predicted molar refractivity (Wildman–Crippen MR) is 279 cm³/mol. The molecule has 0 bridgehead atoms. The fourth-order valence-electron chi connectivity index (χ4n) is 7.23. The van der Waals surface area contributed by atoms with E-state index in [2.05, 4.69) is 168 Å². The van der Waals surface area contributed by atoms with Gasteiger partial charge in [-0.2, -0.15) is 0 Å². The summed E-state index contributed by atoms with van der Waals surface area (Å²) in [7, 11) is 0. The van der Waals surface area contributed by atoms with E-state index in [0.717, 1.165) is 38.8 Å². The summed E-state index contributed by atoms with van der Waals surface area (Å²) in [5, 5.41) is 7.30. The lowest BCUT2D eigenvalue weighted by Gasteiger charge is -1.97. The lowest BCUT2D eigenvalue weighted by atomic mass is 10.1. The summed E-state index contributed by atoms with van der Waals surface area (Å²) in [6, 6.07) is 63.6. The third kappa shape index (κ3) is 12.9. The van der Waals surface area contributed by atoms with Crippen molar-refractivity contribution in [2.24, 2.45) is 0 Å². The molecule has 0 atom stereocenters. The van der Waals surface area contributed by atoms with E-state index >= 15 is 0 Å². The molecule has 12 rings (SSSR count). The molecule has 0 radical (unpaired) electrons. The van der Waals surface area contributed by atoms with Gasteiger partial charge in [0.1, 0.15) is 0 Å². The number of pyridine rings is 6. The summed E-state index contributed by atoms with van der Waals surface area (Å²) in [6.45, 7) is 12.4. The second kappa shape index (κ2) is 22.9. The third-order valence-corrected chi connectivity index (χ3v) is 10.7. The molecule has 0 aliphatic rings. The summed E-state index contributed by atoms with van der Waals surface area (Å²) >= 11 is 0. The van der Waals surface area contributed by atoms with Gasteiger partial charge in [-0.05, 0) is 137 Å². The molecular weight excluding hydrogens is 805 g/mol. The van der Waals surface area contributed by atoms with Crippen molar-refractivity contribution in [3.8, 4) is 0 Å². The Morgan fingerprint density at radius 1 is 0.288 bits per heavy atom. The van der Waals surface area contributed by atoms with E-state index in [1.54, 1.807) is 0 Å². The minimum absolute atomic E-state index is 1.07. The van der Waals surface area contributed by atoms with Gasteiger partial charge >= 0.3 is 0 Å². The Kier molecular flexibility index (Phi) is 15.9. The molecule has 0 N–H and O–H groups in total. The lowest BCUT2D eigenvalue weighted by Crippen LogP contribution is -1.80. The van der Waals surface area contributed by atoms with Gasteiger partial charge in [-0.25, -0.2) is 0 Å². The van der Waals surface area contributed by atoms with Crippen LogP contribution in [-0.2, 0) is 0 Å². The summed E-state index contributed by atoms with van der Waals surface area (Å²) in [5.74, 6) is 0. The molecule has 66 heavy (non-hydrogen) atoms. The van der Waals surface area contributed by atoms with Gasteiger partial charge in [0.2, 0.25) is 0 Å². The summed E-state index contributed by atoms with van der Waals surface area (Å²) in [5.41, 5.74) is 13.8. The maximum Gasteiger partial charge on any atom is 0.0731 e. The molecule has 0 spiro atoms. The molecule has 0 unspecified atom stereocenters. The number of aryl methyl sites for hydroxylation is 6. The van der Waals surface area contributed by atoms with Crippen LogP contribution in [0.5, 0.6) is 0 Å². The fourth-order valence-corrected chi connectivity index (χ4v) is 7.23. The molecule has 6 heteroatoms. The van der Waals surface area contributed by atoms with E-state index in [0.29, 0.717) is 0 Å². The highest BCUT2D eigenvalue weighted by atomic mass is 14.7. The number of fused-ring (bicyclic) bond motifs is 6. The van der Waals surface area contributed by atoms with Crippen LogP contribution in [0.4, 0.5) is 0 Å². The summed E-state index contributed by atoms with van der Waals surface area (Å²) < 4.78 is 0. The van der Waals surface area contributed by atoms with Crippen LogP contribution in [0.3, 0.4) is 0 Å². The second-order valence-corrected chi connectivity index (χ2v) is 16.0. The standard InChI is InChI=1S/6C10H9N/c1-8-4-2-6-10-9(8)5-3-7-11-10;1-8-4-2-5-9-6-3-7-11-10(8)9;1-8-4-5-10-9(7-8)3-2-6-11-10;1-8-4-5-9-3-2-6-11-10(9)7-8;1-8-6-9-4-2-3-5-10(9)11-7-8;1-8-6-7-9-4-2-3-5-10(9)11-8/h6*2-7H,1H3. The van der Waals surface area contributed by atoms with Crippen molar-refractivity contribution < 1.29 is 0 Å². The average Bonchev–Trinajstić information content (AvgIpc) is 3.35. The number of rotatable bonds is 0. The minimum Gasteiger partial charge on any atom is -0.256 e. The first kappa shape index (κ1) is 45.8. The van der Waals surface area contributed by atoms with Crippen molar-refractivity contribution >= 4 is 65.4 Å². The highest BCUT2D eigenvalue weighted by molar-refractivity contribution is 5.83. The molecule has 6 aromatic carbocycles. The van der Waals surface area contributed by atoms with E-state index in [9.17, 15) is 0 Å². The Bertz CT molecular complexity index is 3060. The van der Waals surface area contributed by atoms with Crippen LogP contribution in [0, 0.1) is 41.5 Å². The minimum atomic E-state index is 1.07. The van der Waals surface area contributed by atoms with Crippen molar-refractivity contribution in [1.29, 1.82) is 0 Å². The molecule has 0 saturated carbocycles. The molecule has 12 aromatic rings. The Morgan fingerprint density at radius 3 is 1.56 bits per heavy atom. The zero-order valence-electron chi connectivity index (χ0n) is 38.5. The Labute approximate surface area is 387 Å². The number of nitrogens with zero attached hydrogens (tertiary/aromatic N) is 6. The van der Waals surface area contributed by atoms with Crippen molar-refractivity contribution in [3.63, 3.8) is 0 Å². The van der Waals surface area contributed by atoms with E-state index in [-0.39, 0.29) is 0 Å². The topological polar surface area (TPSA) is 77.3 Å². The predicted octanol–water partition coefficient (Wildman–Crippen LogP) is 15.3. The first-order valence-corrected chi connectivity index (χ1v) is 22.1. The van der Waals surface area contributed by atoms with Crippen LogP contribution >= 0.6 is 0 Å². The summed E-state index contributed by atoms with van der Waals surface area (Å²) in [4.78, 5) is 25.6. The van der Waals surface area contributed by atoms with Gasteiger partial charge in [0.25, 0.3) is 0 Å². The van der Waals surface area contributed by atoms with E-state index < -0.39 is 0 Å². The van der Waals surface area contributed by atoms with Crippen molar-refractivity contribution in [2.45, 2.75) is 41.5 Å². The monoisotopic (exact) mass is 858 g/mol. The SMILES string of the molecule is Cc1ccc2ccccc2n1.Cc1ccc2cccnc2c1.Cc1ccc2ncccc2c1.Cc1cccc2cccnc12.Cc1cccc2ncccc12.Cc1cnc2ccccc2c1. The molecule has 0 fully saturated rings. The first-order valence-electron chi connectivity index (χ1n) is 22.1. The van der Waals surface area contributed by atoms with Gasteiger partial charge in [-0.3, -0.25) is 29.9 Å². The molecule has 0 amide bonds.